The molecule has 0 spiro atoms. The smallest absolute Gasteiger partial charge is 0.329 e. The Balaban J connectivity index is 3.13. The van der Waals surface area contributed by atoms with Gasteiger partial charge in [-0.3, -0.25) is 4.79 Å². The quantitative estimate of drug-likeness (QED) is 0.700. The largest absolute Gasteiger partial charge is 0.480 e. The maximum Gasteiger partial charge on any atom is 0.329 e. The first kappa shape index (κ1) is 17.2. The molecule has 0 aliphatic heterocycles. The minimum absolute atomic E-state index is 0.0234. The third-order valence-electron chi connectivity index (χ3n) is 3.24. The van der Waals surface area contributed by atoms with Crippen molar-refractivity contribution < 1.29 is 27.5 Å². The van der Waals surface area contributed by atoms with Crippen molar-refractivity contribution in [3.8, 4) is 0 Å². The van der Waals surface area contributed by atoms with Crippen LogP contribution >= 0.6 is 0 Å². The maximum atomic E-state index is 12.1. The Labute approximate surface area is 122 Å². The van der Waals surface area contributed by atoms with Crippen molar-refractivity contribution in [2.24, 2.45) is 0 Å². The van der Waals surface area contributed by atoms with E-state index in [2.05, 4.69) is 10.0 Å². The minimum Gasteiger partial charge on any atom is -0.480 e. The number of carboxylic acid groups (broad SMARTS) is 1. The average Bonchev–Trinajstić information content (AvgIpc) is 2.81. The summed E-state index contributed by atoms with van der Waals surface area (Å²) in [5.41, 5.74) is -1.47. The molecule has 0 saturated heterocycles. The van der Waals surface area contributed by atoms with Crippen molar-refractivity contribution in [2.45, 2.75) is 37.8 Å². The van der Waals surface area contributed by atoms with Gasteiger partial charge in [0.1, 0.15) is 11.3 Å². The fourth-order valence-corrected chi connectivity index (χ4v) is 2.23. The molecule has 0 saturated carbocycles. The van der Waals surface area contributed by atoms with Gasteiger partial charge in [-0.25, -0.2) is 17.9 Å². The van der Waals surface area contributed by atoms with Gasteiger partial charge in [0.05, 0.1) is 5.56 Å². The monoisotopic (exact) mass is 318 g/mol. The number of furan rings is 1. The number of amides is 1. The van der Waals surface area contributed by atoms with Crippen LogP contribution in [0.25, 0.3) is 0 Å². The number of aliphatic carboxylic acids is 1. The first-order valence-electron chi connectivity index (χ1n) is 6.17. The Morgan fingerprint density at radius 1 is 1.43 bits per heavy atom. The van der Waals surface area contributed by atoms with Crippen molar-refractivity contribution in [2.75, 3.05) is 7.05 Å². The van der Waals surface area contributed by atoms with Crippen LogP contribution in [-0.4, -0.2) is 38.0 Å². The highest BCUT2D eigenvalue weighted by atomic mass is 32.2. The van der Waals surface area contributed by atoms with Crippen molar-refractivity contribution in [1.82, 2.24) is 10.0 Å². The summed E-state index contributed by atoms with van der Waals surface area (Å²) in [7, 11) is -2.60. The lowest BCUT2D eigenvalue weighted by Gasteiger charge is -2.24. The summed E-state index contributed by atoms with van der Waals surface area (Å²) in [6.07, 6.45) is 0.173. The molecular formula is C12H18N2O6S. The molecule has 1 rings (SSSR count). The first-order valence-corrected chi connectivity index (χ1v) is 7.65. The maximum absolute atomic E-state index is 12.1. The van der Waals surface area contributed by atoms with Crippen LogP contribution in [0.3, 0.4) is 0 Å². The second kappa shape index (κ2) is 5.86. The van der Waals surface area contributed by atoms with Crippen LogP contribution in [0.1, 0.15) is 36.4 Å². The van der Waals surface area contributed by atoms with E-state index in [-0.39, 0.29) is 17.7 Å². The van der Waals surface area contributed by atoms with E-state index in [9.17, 15) is 18.0 Å². The molecule has 1 heterocycles. The molecule has 0 fully saturated rings. The van der Waals surface area contributed by atoms with Crippen LogP contribution < -0.4 is 10.0 Å². The normalized spacial score (nSPS) is 14.5. The van der Waals surface area contributed by atoms with Crippen LogP contribution in [0.4, 0.5) is 0 Å². The molecule has 9 heteroatoms. The lowest BCUT2D eigenvalue weighted by Crippen LogP contribution is -2.51. The van der Waals surface area contributed by atoms with Crippen LogP contribution in [0, 0.1) is 6.92 Å². The summed E-state index contributed by atoms with van der Waals surface area (Å²) >= 11 is 0. The fraction of sp³-hybridized carbons (Fsp3) is 0.500. The predicted molar refractivity (Wildman–Crippen MR) is 73.5 cm³/mol. The second-order valence-electron chi connectivity index (χ2n) is 4.69. The second-order valence-corrected chi connectivity index (χ2v) is 6.51. The summed E-state index contributed by atoms with van der Waals surface area (Å²) < 4.78 is 30.3. The van der Waals surface area contributed by atoms with Crippen LogP contribution in [0.5, 0.6) is 0 Å². The summed E-state index contributed by atoms with van der Waals surface area (Å²) in [4.78, 5) is 23.3. The van der Waals surface area contributed by atoms with Gasteiger partial charge in [-0.2, -0.15) is 0 Å². The van der Waals surface area contributed by atoms with E-state index in [1.165, 1.54) is 20.9 Å². The zero-order valence-corrected chi connectivity index (χ0v) is 13.0. The van der Waals surface area contributed by atoms with Crippen LogP contribution in [-0.2, 0) is 14.8 Å². The Bertz CT molecular complexity index is 663. The van der Waals surface area contributed by atoms with Gasteiger partial charge in [-0.1, -0.05) is 6.92 Å². The Morgan fingerprint density at radius 2 is 2.00 bits per heavy atom. The number of carbonyl (C=O) groups excluding carboxylic acids is 1. The summed E-state index contributed by atoms with van der Waals surface area (Å²) in [5, 5.41) is 11.1. The van der Waals surface area contributed by atoms with E-state index in [4.69, 9.17) is 9.52 Å². The van der Waals surface area contributed by atoms with Gasteiger partial charge in [-0.05, 0) is 27.3 Å². The lowest BCUT2D eigenvalue weighted by atomic mass is 9.98. The third kappa shape index (κ3) is 3.42. The number of aryl methyl sites for hydroxylation is 1. The standard InChI is InChI=1S/C12H18N2O6S/c1-5-12(3,11(16)17)14-10(15)8-6-9(20-7(8)2)21(18,19)13-4/h6,13H,5H2,1-4H3,(H,14,15)(H,16,17). The average molecular weight is 318 g/mol. The molecule has 8 nitrogen and oxygen atoms in total. The van der Waals surface area contributed by atoms with E-state index < -0.39 is 32.5 Å². The lowest BCUT2D eigenvalue weighted by molar-refractivity contribution is -0.143. The first-order chi connectivity index (χ1) is 9.57. The van der Waals surface area contributed by atoms with Crippen LogP contribution in [0.2, 0.25) is 0 Å². The number of hydrogen-bond donors (Lipinski definition) is 3. The topological polar surface area (TPSA) is 126 Å². The Kier molecular flexibility index (Phi) is 4.79. The van der Waals surface area contributed by atoms with E-state index >= 15 is 0 Å². The molecule has 0 radical (unpaired) electrons. The summed E-state index contributed by atoms with van der Waals surface area (Å²) in [6, 6.07) is 1.06. The van der Waals surface area contributed by atoms with Gasteiger partial charge in [0.25, 0.3) is 15.9 Å². The van der Waals surface area contributed by atoms with Gasteiger partial charge in [-0.15, -0.1) is 0 Å². The molecule has 118 valence electrons. The third-order valence-corrected chi connectivity index (χ3v) is 4.51. The highest BCUT2D eigenvalue weighted by molar-refractivity contribution is 7.89. The zero-order chi connectivity index (χ0) is 16.4. The van der Waals surface area contributed by atoms with E-state index in [0.29, 0.717) is 0 Å². The van der Waals surface area contributed by atoms with Gasteiger partial charge in [0.2, 0.25) is 5.09 Å². The van der Waals surface area contributed by atoms with Crippen molar-refractivity contribution in [1.29, 1.82) is 0 Å². The van der Waals surface area contributed by atoms with Gasteiger partial charge < -0.3 is 14.8 Å². The van der Waals surface area contributed by atoms with E-state index in [1.807, 2.05) is 0 Å². The van der Waals surface area contributed by atoms with Crippen LogP contribution in [0.15, 0.2) is 15.6 Å². The molecular weight excluding hydrogens is 300 g/mol. The van der Waals surface area contributed by atoms with E-state index in [1.54, 1.807) is 6.92 Å². The molecule has 21 heavy (non-hydrogen) atoms. The molecule has 0 aliphatic carbocycles. The highest BCUT2D eigenvalue weighted by Gasteiger charge is 2.34. The Hall–Kier alpha value is -1.87. The number of hydrogen-bond acceptors (Lipinski definition) is 5. The molecule has 0 aromatic carbocycles. The molecule has 1 amide bonds. The molecule has 1 aromatic rings. The SMILES string of the molecule is CCC(C)(NC(=O)c1cc(S(=O)(=O)NC)oc1C)C(=O)O. The predicted octanol–water partition coefficient (Wildman–Crippen LogP) is 0.479. The summed E-state index contributed by atoms with van der Waals surface area (Å²) in [6.45, 7) is 4.41. The van der Waals surface area contributed by atoms with Gasteiger partial charge in [0.15, 0.2) is 0 Å². The summed E-state index contributed by atoms with van der Waals surface area (Å²) in [5.74, 6) is -1.80. The highest BCUT2D eigenvalue weighted by Crippen LogP contribution is 2.20. The number of nitrogens with one attached hydrogen (secondary N) is 2. The number of sulfonamides is 1. The number of rotatable bonds is 6. The zero-order valence-electron chi connectivity index (χ0n) is 12.2. The molecule has 1 aromatic heterocycles. The Morgan fingerprint density at radius 3 is 2.43 bits per heavy atom. The minimum atomic E-state index is -3.81. The van der Waals surface area contributed by atoms with Gasteiger partial charge in [0, 0.05) is 6.07 Å². The number of carboxylic acids is 1. The molecule has 0 bridgehead atoms. The van der Waals surface area contributed by atoms with Crippen molar-refractivity contribution in [3.63, 3.8) is 0 Å². The van der Waals surface area contributed by atoms with Crippen molar-refractivity contribution >= 4 is 21.9 Å². The molecule has 0 aliphatic rings. The van der Waals surface area contributed by atoms with E-state index in [0.717, 1.165) is 6.07 Å². The number of carbonyl (C=O) groups is 2. The molecule has 1 unspecified atom stereocenters. The molecule has 1 atom stereocenters. The van der Waals surface area contributed by atoms with Gasteiger partial charge >= 0.3 is 5.97 Å². The molecule has 3 N–H and O–H groups in total. The fourth-order valence-electron chi connectivity index (χ4n) is 1.52. The van der Waals surface area contributed by atoms with Crippen molar-refractivity contribution in [3.05, 3.63) is 17.4 Å².